The molecule has 0 aromatic rings. The lowest BCUT2D eigenvalue weighted by atomic mass is 9.90. The molecule has 0 aromatic carbocycles. The first-order valence-corrected chi connectivity index (χ1v) is 5.95. The molecule has 0 bridgehead atoms. The summed E-state index contributed by atoms with van der Waals surface area (Å²) in [6.45, 7) is 0.300. The highest BCUT2D eigenvalue weighted by Crippen LogP contribution is 2.21. The Morgan fingerprint density at radius 1 is 1.44 bits per heavy atom. The van der Waals surface area contributed by atoms with Gasteiger partial charge >= 0.3 is 6.03 Å². The van der Waals surface area contributed by atoms with Gasteiger partial charge in [-0.15, -0.1) is 0 Å². The summed E-state index contributed by atoms with van der Waals surface area (Å²) in [5.41, 5.74) is 0. The number of nitrogens with zero attached hydrogens (tertiary/aromatic N) is 1. The van der Waals surface area contributed by atoms with E-state index < -0.39 is 0 Å². The Labute approximate surface area is 97.2 Å². The predicted molar refractivity (Wildman–Crippen MR) is 63.4 cm³/mol. The predicted octanol–water partition coefficient (Wildman–Crippen LogP) is 0.151. The van der Waals surface area contributed by atoms with Crippen LogP contribution in [-0.4, -0.2) is 55.4 Å². The fourth-order valence-corrected chi connectivity index (χ4v) is 2.17. The largest absolute Gasteiger partial charge is 0.395 e. The van der Waals surface area contributed by atoms with Crippen LogP contribution in [0.25, 0.3) is 0 Å². The summed E-state index contributed by atoms with van der Waals surface area (Å²) in [6.07, 6.45) is 4.44. The van der Waals surface area contributed by atoms with Gasteiger partial charge in [0.15, 0.2) is 0 Å². The van der Waals surface area contributed by atoms with Crippen LogP contribution in [0.15, 0.2) is 0 Å². The Kier molecular flexibility index (Phi) is 5.55. The summed E-state index contributed by atoms with van der Waals surface area (Å²) in [4.78, 5) is 13.6. The third kappa shape index (κ3) is 4.37. The first-order chi connectivity index (χ1) is 7.63. The maximum absolute atomic E-state index is 11.4. The molecule has 1 fully saturated rings. The first-order valence-electron chi connectivity index (χ1n) is 5.95. The fraction of sp³-hybridized carbons (Fsp3) is 0.909. The number of rotatable bonds is 4. The van der Waals surface area contributed by atoms with Crippen LogP contribution in [0.4, 0.5) is 4.79 Å². The highest BCUT2D eigenvalue weighted by molar-refractivity contribution is 5.74. The van der Waals surface area contributed by atoms with Crippen LogP contribution in [0, 0.1) is 0 Å². The Morgan fingerprint density at radius 3 is 2.81 bits per heavy atom. The van der Waals surface area contributed by atoms with Gasteiger partial charge in [-0.1, -0.05) is 0 Å². The molecule has 1 rings (SSSR count). The number of nitrogens with one attached hydrogen (secondary N) is 2. The molecule has 1 saturated carbocycles. The Morgan fingerprint density at radius 2 is 2.19 bits per heavy atom. The van der Waals surface area contributed by atoms with Gasteiger partial charge in [0.05, 0.1) is 6.61 Å². The number of aliphatic hydroxyl groups excluding tert-OH is 1. The molecule has 0 heterocycles. The Hall–Kier alpha value is -0.810. The third-order valence-corrected chi connectivity index (χ3v) is 3.11. The zero-order valence-electron chi connectivity index (χ0n) is 10.2. The van der Waals surface area contributed by atoms with Gasteiger partial charge in [-0.3, -0.25) is 0 Å². The summed E-state index contributed by atoms with van der Waals surface area (Å²) >= 11 is 0. The van der Waals surface area contributed by atoms with Gasteiger partial charge in [0.25, 0.3) is 0 Å². The van der Waals surface area contributed by atoms with Gasteiger partial charge in [-0.25, -0.2) is 4.79 Å². The highest BCUT2D eigenvalue weighted by atomic mass is 16.3. The molecule has 0 aromatic heterocycles. The molecular formula is C11H23N3O2. The van der Waals surface area contributed by atoms with Crippen LogP contribution in [0.2, 0.25) is 0 Å². The smallest absolute Gasteiger partial charge is 0.315 e. The molecule has 1 aliphatic carbocycles. The molecule has 0 saturated heterocycles. The molecule has 1 aliphatic rings. The minimum atomic E-state index is -0.168. The molecule has 5 heteroatoms. The summed E-state index contributed by atoms with van der Waals surface area (Å²) < 4.78 is 0. The molecule has 3 N–H and O–H groups in total. The number of carbonyl (C=O) groups excluding carboxylic acids is 1. The van der Waals surface area contributed by atoms with Crippen molar-refractivity contribution < 1.29 is 9.90 Å². The molecule has 0 spiro atoms. The maximum atomic E-state index is 11.4. The summed E-state index contributed by atoms with van der Waals surface area (Å²) in [5, 5.41) is 14.1. The monoisotopic (exact) mass is 229 g/mol. The lowest BCUT2D eigenvalue weighted by molar-refractivity contribution is 0.192. The second kappa shape index (κ2) is 6.70. The van der Waals surface area contributed by atoms with Crippen LogP contribution in [0.3, 0.4) is 0 Å². The van der Waals surface area contributed by atoms with E-state index in [-0.39, 0.29) is 18.7 Å². The quantitative estimate of drug-likeness (QED) is 0.643. The first kappa shape index (κ1) is 13.3. The number of urea groups is 1. The lowest BCUT2D eigenvalue weighted by Gasteiger charge is -2.33. The Balaban J connectivity index is 2.28. The topological polar surface area (TPSA) is 64.6 Å². The second-order valence-electron chi connectivity index (χ2n) is 4.60. The number of carbonyl (C=O) groups is 1. The van der Waals surface area contributed by atoms with Crippen LogP contribution in [0.1, 0.15) is 25.7 Å². The zero-order chi connectivity index (χ0) is 12.0. The van der Waals surface area contributed by atoms with Gasteiger partial charge in [-0.2, -0.15) is 0 Å². The third-order valence-electron chi connectivity index (χ3n) is 3.11. The van der Waals surface area contributed by atoms with Crippen molar-refractivity contribution in [2.75, 3.05) is 27.2 Å². The van der Waals surface area contributed by atoms with E-state index in [2.05, 4.69) is 29.6 Å². The maximum Gasteiger partial charge on any atom is 0.315 e. The second-order valence-corrected chi connectivity index (χ2v) is 4.60. The van der Waals surface area contributed by atoms with Crippen LogP contribution in [-0.2, 0) is 0 Å². The SMILES string of the molecule is CN(C)C1CCCC(NC(=O)NCCO)C1. The van der Waals surface area contributed by atoms with Crippen molar-refractivity contribution in [1.82, 2.24) is 15.5 Å². The molecule has 94 valence electrons. The van der Waals surface area contributed by atoms with Crippen LogP contribution in [0.5, 0.6) is 0 Å². The van der Waals surface area contributed by atoms with E-state index >= 15 is 0 Å². The van der Waals surface area contributed by atoms with Crippen molar-refractivity contribution in [3.63, 3.8) is 0 Å². The normalized spacial score (nSPS) is 25.5. The van der Waals surface area contributed by atoms with E-state index in [1.807, 2.05) is 0 Å². The standard InChI is InChI=1S/C11H23N3O2/c1-14(2)10-5-3-4-9(8-10)13-11(16)12-6-7-15/h9-10,15H,3-8H2,1-2H3,(H2,12,13,16). The zero-order valence-corrected chi connectivity index (χ0v) is 10.2. The van der Waals surface area contributed by atoms with Crippen molar-refractivity contribution in [2.24, 2.45) is 0 Å². The minimum Gasteiger partial charge on any atom is -0.395 e. The lowest BCUT2D eigenvalue weighted by Crippen LogP contribution is -2.47. The molecule has 0 aliphatic heterocycles. The van der Waals surface area contributed by atoms with Crippen molar-refractivity contribution >= 4 is 6.03 Å². The van der Waals surface area contributed by atoms with Crippen LogP contribution >= 0.6 is 0 Å². The van der Waals surface area contributed by atoms with Gasteiger partial charge in [0.1, 0.15) is 0 Å². The average molecular weight is 229 g/mol. The van der Waals surface area contributed by atoms with E-state index in [9.17, 15) is 4.79 Å². The molecule has 0 radical (unpaired) electrons. The number of hydrogen-bond donors (Lipinski definition) is 3. The van der Waals surface area contributed by atoms with E-state index in [1.54, 1.807) is 0 Å². The summed E-state index contributed by atoms with van der Waals surface area (Å²) in [7, 11) is 4.16. The van der Waals surface area contributed by atoms with Gasteiger partial charge in [-0.05, 0) is 39.8 Å². The van der Waals surface area contributed by atoms with Crippen molar-refractivity contribution in [3.05, 3.63) is 0 Å². The fourth-order valence-electron chi connectivity index (χ4n) is 2.17. The van der Waals surface area contributed by atoms with Gasteiger partial charge in [0.2, 0.25) is 0 Å². The number of amides is 2. The van der Waals surface area contributed by atoms with Crippen molar-refractivity contribution in [2.45, 2.75) is 37.8 Å². The molecule has 5 nitrogen and oxygen atoms in total. The van der Waals surface area contributed by atoms with Crippen LogP contribution < -0.4 is 10.6 Å². The molecule has 16 heavy (non-hydrogen) atoms. The van der Waals surface area contributed by atoms with Gasteiger partial charge < -0.3 is 20.6 Å². The summed E-state index contributed by atoms with van der Waals surface area (Å²) in [5.74, 6) is 0. The number of aliphatic hydroxyl groups is 1. The molecule has 2 amide bonds. The van der Waals surface area contributed by atoms with E-state index in [1.165, 1.54) is 6.42 Å². The van der Waals surface area contributed by atoms with Crippen molar-refractivity contribution in [3.8, 4) is 0 Å². The summed E-state index contributed by atoms with van der Waals surface area (Å²) in [6, 6.07) is 0.662. The van der Waals surface area contributed by atoms with E-state index in [0.29, 0.717) is 12.6 Å². The Bertz CT molecular complexity index is 221. The van der Waals surface area contributed by atoms with Crippen molar-refractivity contribution in [1.29, 1.82) is 0 Å². The van der Waals surface area contributed by atoms with E-state index in [4.69, 9.17) is 5.11 Å². The van der Waals surface area contributed by atoms with E-state index in [0.717, 1.165) is 19.3 Å². The number of hydrogen-bond acceptors (Lipinski definition) is 3. The average Bonchev–Trinajstić information content (AvgIpc) is 2.26. The van der Waals surface area contributed by atoms with Gasteiger partial charge in [0, 0.05) is 18.6 Å². The molecule has 2 atom stereocenters. The molecule has 2 unspecified atom stereocenters. The highest BCUT2D eigenvalue weighted by Gasteiger charge is 2.24. The minimum absolute atomic E-state index is 0.0155. The molecular weight excluding hydrogens is 206 g/mol.